The molecule has 0 heterocycles. The van der Waals surface area contributed by atoms with Gasteiger partial charge in [0.25, 0.3) is 0 Å². The van der Waals surface area contributed by atoms with Gasteiger partial charge in [0.2, 0.25) is 0 Å². The molecule has 0 unspecified atom stereocenters. The average Bonchev–Trinajstić information content (AvgIpc) is 3.34. The van der Waals surface area contributed by atoms with Crippen LogP contribution in [0.1, 0.15) is 18.4 Å². The zero-order chi connectivity index (χ0) is 15.1. The third-order valence-corrected chi connectivity index (χ3v) is 3.65. The summed E-state index contributed by atoms with van der Waals surface area (Å²) in [5, 5.41) is 6.68. The smallest absolute Gasteiger partial charge is 0.190 e. The summed E-state index contributed by atoms with van der Waals surface area (Å²) in [5.41, 5.74) is 1.13. The van der Waals surface area contributed by atoms with Gasteiger partial charge in [-0.1, -0.05) is 0 Å². The number of ether oxygens (including phenoxy) is 2. The molecule has 1 fully saturated rings. The van der Waals surface area contributed by atoms with Gasteiger partial charge in [0.15, 0.2) is 5.96 Å². The summed E-state index contributed by atoms with van der Waals surface area (Å²) in [4.78, 5) is 4.23. The Morgan fingerprint density at radius 3 is 2.59 bits per heavy atom. The van der Waals surface area contributed by atoms with Gasteiger partial charge >= 0.3 is 0 Å². The van der Waals surface area contributed by atoms with Crippen LogP contribution in [0.5, 0.6) is 11.5 Å². The van der Waals surface area contributed by atoms with Gasteiger partial charge < -0.3 is 20.1 Å². The summed E-state index contributed by atoms with van der Waals surface area (Å²) in [7, 11) is 5.16. The number of methoxy groups -OCH3 is 2. The summed E-state index contributed by atoms with van der Waals surface area (Å²) >= 11 is 0. The van der Waals surface area contributed by atoms with Gasteiger partial charge in [-0.05, 0) is 48.9 Å². The van der Waals surface area contributed by atoms with Gasteiger partial charge in [-0.3, -0.25) is 4.99 Å². The number of guanidine groups is 1. The average molecular weight is 419 g/mol. The SMILES string of the molecule is CN=C(NCCc1cc(OC)ccc1OC)NCC1CC1.I. The summed E-state index contributed by atoms with van der Waals surface area (Å²) < 4.78 is 10.6. The third kappa shape index (κ3) is 5.90. The Morgan fingerprint density at radius 2 is 2.00 bits per heavy atom. The highest BCUT2D eigenvalue weighted by Crippen LogP contribution is 2.27. The predicted octanol–water partition coefficient (Wildman–Crippen LogP) is 2.44. The maximum absolute atomic E-state index is 5.39. The molecule has 5 nitrogen and oxygen atoms in total. The molecule has 0 bridgehead atoms. The number of halogens is 1. The van der Waals surface area contributed by atoms with Crippen LogP contribution < -0.4 is 20.1 Å². The van der Waals surface area contributed by atoms with Gasteiger partial charge in [0.1, 0.15) is 11.5 Å². The topological polar surface area (TPSA) is 54.9 Å². The first kappa shape index (κ1) is 18.9. The fourth-order valence-electron chi connectivity index (χ4n) is 2.18. The Morgan fingerprint density at radius 1 is 1.23 bits per heavy atom. The lowest BCUT2D eigenvalue weighted by Gasteiger charge is -2.13. The first-order valence-corrected chi connectivity index (χ1v) is 7.42. The van der Waals surface area contributed by atoms with Crippen molar-refractivity contribution in [1.29, 1.82) is 0 Å². The van der Waals surface area contributed by atoms with Crippen LogP contribution >= 0.6 is 24.0 Å². The highest BCUT2D eigenvalue weighted by atomic mass is 127. The zero-order valence-electron chi connectivity index (χ0n) is 13.5. The molecule has 0 spiro atoms. The van der Waals surface area contributed by atoms with E-state index < -0.39 is 0 Å². The Balaban J connectivity index is 0.00000242. The molecule has 1 aliphatic rings. The molecule has 1 aliphatic carbocycles. The van der Waals surface area contributed by atoms with Crippen LogP contribution in [0.15, 0.2) is 23.2 Å². The number of benzene rings is 1. The Kier molecular flexibility index (Phi) is 8.37. The van der Waals surface area contributed by atoms with Crippen molar-refractivity contribution in [2.24, 2.45) is 10.9 Å². The second kappa shape index (κ2) is 9.76. The standard InChI is InChI=1S/C16H25N3O2.HI/c1-17-16(19-11-12-4-5-12)18-9-8-13-10-14(20-2)6-7-15(13)21-3;/h6-7,10,12H,4-5,8-9,11H2,1-3H3,(H2,17,18,19);1H. The van der Waals surface area contributed by atoms with Crippen LogP contribution in [0.4, 0.5) is 0 Å². The Labute approximate surface area is 149 Å². The van der Waals surface area contributed by atoms with Crippen molar-refractivity contribution in [3.63, 3.8) is 0 Å². The van der Waals surface area contributed by atoms with Crippen molar-refractivity contribution in [3.05, 3.63) is 23.8 Å². The largest absolute Gasteiger partial charge is 0.497 e. The maximum Gasteiger partial charge on any atom is 0.190 e. The van der Waals surface area contributed by atoms with E-state index in [1.807, 2.05) is 18.2 Å². The molecular weight excluding hydrogens is 393 g/mol. The minimum absolute atomic E-state index is 0. The van der Waals surface area contributed by atoms with Crippen LogP contribution in [-0.4, -0.2) is 40.3 Å². The molecule has 1 saturated carbocycles. The lowest BCUT2D eigenvalue weighted by atomic mass is 10.1. The zero-order valence-corrected chi connectivity index (χ0v) is 15.8. The van der Waals surface area contributed by atoms with Gasteiger partial charge in [-0.25, -0.2) is 0 Å². The lowest BCUT2D eigenvalue weighted by molar-refractivity contribution is 0.398. The van der Waals surface area contributed by atoms with Crippen molar-refractivity contribution in [2.45, 2.75) is 19.3 Å². The molecular formula is C16H26IN3O2. The van der Waals surface area contributed by atoms with Gasteiger partial charge in [0.05, 0.1) is 14.2 Å². The summed E-state index contributed by atoms with van der Waals surface area (Å²) in [5.74, 6) is 3.44. The molecule has 1 aromatic rings. The number of aliphatic imine (C=N–C) groups is 1. The predicted molar refractivity (Wildman–Crippen MR) is 101 cm³/mol. The van der Waals surface area contributed by atoms with E-state index in [-0.39, 0.29) is 24.0 Å². The van der Waals surface area contributed by atoms with Crippen molar-refractivity contribution in [1.82, 2.24) is 10.6 Å². The summed E-state index contributed by atoms with van der Waals surface area (Å²) in [6, 6.07) is 5.86. The molecule has 0 saturated heterocycles. The first-order chi connectivity index (χ1) is 10.3. The van der Waals surface area contributed by atoms with E-state index in [0.29, 0.717) is 0 Å². The van der Waals surface area contributed by atoms with Gasteiger partial charge in [-0.2, -0.15) is 0 Å². The van der Waals surface area contributed by atoms with E-state index in [1.165, 1.54) is 12.8 Å². The van der Waals surface area contributed by atoms with E-state index in [4.69, 9.17) is 9.47 Å². The highest BCUT2D eigenvalue weighted by Gasteiger charge is 2.20. The van der Waals surface area contributed by atoms with Crippen molar-refractivity contribution < 1.29 is 9.47 Å². The molecule has 6 heteroatoms. The fourth-order valence-corrected chi connectivity index (χ4v) is 2.18. The minimum atomic E-state index is 0. The quantitative estimate of drug-likeness (QED) is 0.405. The maximum atomic E-state index is 5.39. The molecule has 0 amide bonds. The third-order valence-electron chi connectivity index (χ3n) is 3.65. The summed E-state index contributed by atoms with van der Waals surface area (Å²) in [6.07, 6.45) is 3.53. The van der Waals surface area contributed by atoms with Crippen LogP contribution in [-0.2, 0) is 6.42 Å². The molecule has 2 rings (SSSR count). The van der Waals surface area contributed by atoms with Crippen LogP contribution in [0.25, 0.3) is 0 Å². The Hall–Kier alpha value is -1.18. The van der Waals surface area contributed by atoms with Gasteiger partial charge in [-0.15, -0.1) is 24.0 Å². The molecule has 1 aromatic carbocycles. The van der Waals surface area contributed by atoms with Crippen LogP contribution in [0.3, 0.4) is 0 Å². The second-order valence-corrected chi connectivity index (χ2v) is 5.25. The van der Waals surface area contributed by atoms with Gasteiger partial charge in [0, 0.05) is 20.1 Å². The lowest BCUT2D eigenvalue weighted by Crippen LogP contribution is -2.39. The fraction of sp³-hybridized carbons (Fsp3) is 0.562. The van der Waals surface area contributed by atoms with Crippen LogP contribution in [0, 0.1) is 5.92 Å². The van der Waals surface area contributed by atoms with E-state index in [1.54, 1.807) is 21.3 Å². The number of hydrogen-bond donors (Lipinski definition) is 2. The molecule has 22 heavy (non-hydrogen) atoms. The highest BCUT2D eigenvalue weighted by molar-refractivity contribution is 14.0. The van der Waals surface area contributed by atoms with Crippen LogP contribution in [0.2, 0.25) is 0 Å². The normalized spacial score (nSPS) is 14.0. The van der Waals surface area contributed by atoms with Crippen molar-refractivity contribution in [2.75, 3.05) is 34.4 Å². The molecule has 124 valence electrons. The Bertz CT molecular complexity index is 490. The number of nitrogens with one attached hydrogen (secondary N) is 2. The van der Waals surface area contributed by atoms with E-state index in [9.17, 15) is 0 Å². The van der Waals surface area contributed by atoms with E-state index in [0.717, 1.165) is 48.5 Å². The van der Waals surface area contributed by atoms with E-state index in [2.05, 4.69) is 15.6 Å². The number of rotatable bonds is 7. The molecule has 0 aliphatic heterocycles. The minimum Gasteiger partial charge on any atom is -0.497 e. The van der Waals surface area contributed by atoms with E-state index >= 15 is 0 Å². The number of hydrogen-bond acceptors (Lipinski definition) is 3. The number of nitrogens with zero attached hydrogens (tertiary/aromatic N) is 1. The monoisotopic (exact) mass is 419 g/mol. The summed E-state index contributed by atoms with van der Waals surface area (Å²) in [6.45, 7) is 1.82. The van der Waals surface area contributed by atoms with Crippen molar-refractivity contribution in [3.8, 4) is 11.5 Å². The molecule has 2 N–H and O–H groups in total. The molecule has 0 aromatic heterocycles. The molecule has 0 radical (unpaired) electrons. The second-order valence-electron chi connectivity index (χ2n) is 5.25. The molecule has 0 atom stereocenters. The first-order valence-electron chi connectivity index (χ1n) is 7.42. The van der Waals surface area contributed by atoms with Crippen molar-refractivity contribution >= 4 is 29.9 Å².